The zero-order valence-electron chi connectivity index (χ0n) is 22.4. The fourth-order valence-corrected chi connectivity index (χ4v) is 7.34. The van der Waals surface area contributed by atoms with Gasteiger partial charge in [-0.05, 0) is 74.3 Å². The smallest absolute Gasteiger partial charge is 0.325 e. The van der Waals surface area contributed by atoms with Crippen molar-refractivity contribution in [1.82, 2.24) is 9.88 Å². The van der Waals surface area contributed by atoms with Crippen LogP contribution in [0.25, 0.3) is 10.2 Å². The molecule has 0 saturated carbocycles. The molecule has 10 heteroatoms. The average molecular weight is 580 g/mol. The van der Waals surface area contributed by atoms with Crippen LogP contribution in [0, 0.1) is 11.7 Å². The number of urea groups is 1. The number of phenolic OH excluding ortho intramolecular Hbond substituents is 1. The maximum absolute atomic E-state index is 13.6. The summed E-state index contributed by atoms with van der Waals surface area (Å²) in [7, 11) is 0. The molecule has 1 spiro atoms. The van der Waals surface area contributed by atoms with E-state index in [2.05, 4.69) is 39.3 Å². The number of likely N-dealkylation sites (tertiary alicyclic amines) is 1. The third-order valence-electron chi connectivity index (χ3n) is 7.82. The number of aromatic hydroxyl groups is 1. The number of thiazole rings is 1. The molecule has 40 heavy (non-hydrogen) atoms. The summed E-state index contributed by atoms with van der Waals surface area (Å²) in [6.45, 7) is 8.12. The van der Waals surface area contributed by atoms with Crippen molar-refractivity contribution in [3.05, 3.63) is 71.0 Å². The first kappa shape index (κ1) is 26.8. The van der Waals surface area contributed by atoms with Crippen molar-refractivity contribution in [1.29, 1.82) is 0 Å². The number of para-hydroxylation sites is 2. The van der Waals surface area contributed by atoms with Crippen LogP contribution in [0.2, 0.25) is 5.02 Å². The van der Waals surface area contributed by atoms with Crippen molar-refractivity contribution in [2.24, 2.45) is 5.92 Å². The van der Waals surface area contributed by atoms with Crippen LogP contribution < -0.4 is 15.5 Å². The van der Waals surface area contributed by atoms with Gasteiger partial charge in [0.2, 0.25) is 0 Å². The summed E-state index contributed by atoms with van der Waals surface area (Å²) in [4.78, 5) is 22.0. The minimum Gasteiger partial charge on any atom is -0.506 e. The Balaban J connectivity index is 1.28. The molecular weight excluding hydrogens is 549 g/mol. The minimum atomic E-state index is -0.460. The normalized spacial score (nSPS) is 16.6. The Morgan fingerprint density at radius 1 is 1.15 bits per heavy atom. The highest BCUT2D eigenvalue weighted by molar-refractivity contribution is 7.22. The highest BCUT2D eigenvalue weighted by Gasteiger charge is 2.48. The Hall–Kier alpha value is -3.40. The Morgan fingerprint density at radius 3 is 2.70 bits per heavy atom. The maximum atomic E-state index is 13.6. The summed E-state index contributed by atoms with van der Waals surface area (Å²) in [5.41, 5.74) is 3.46. The van der Waals surface area contributed by atoms with Crippen LogP contribution in [0.4, 0.5) is 31.4 Å². The van der Waals surface area contributed by atoms with Gasteiger partial charge in [0.15, 0.2) is 5.13 Å². The molecule has 2 aliphatic rings. The molecule has 0 atom stereocenters. The third kappa shape index (κ3) is 4.98. The number of nitrogens with zero attached hydrogens (tertiary/aromatic N) is 3. The summed E-state index contributed by atoms with van der Waals surface area (Å²) in [5.74, 6) is 0.419. The largest absolute Gasteiger partial charge is 0.506 e. The number of phenols is 1. The lowest BCUT2D eigenvalue weighted by atomic mass is 9.74. The molecule has 0 aliphatic carbocycles. The molecule has 7 nitrogen and oxygen atoms in total. The van der Waals surface area contributed by atoms with E-state index in [4.69, 9.17) is 11.6 Å². The van der Waals surface area contributed by atoms with E-state index in [0.717, 1.165) is 43.7 Å². The van der Waals surface area contributed by atoms with Gasteiger partial charge in [0, 0.05) is 29.1 Å². The second kappa shape index (κ2) is 10.5. The van der Waals surface area contributed by atoms with E-state index >= 15 is 0 Å². The summed E-state index contributed by atoms with van der Waals surface area (Å²) >= 11 is 8.04. The molecule has 2 aliphatic heterocycles. The van der Waals surface area contributed by atoms with E-state index in [-0.39, 0.29) is 17.0 Å². The number of piperidine rings is 1. The first-order valence-electron chi connectivity index (χ1n) is 13.5. The Kier molecular flexibility index (Phi) is 7.06. The Morgan fingerprint density at radius 2 is 1.93 bits per heavy atom. The SMILES string of the molecule is CC(C)CN1CCC2(CC1)CN(c1ccccc1NC(=O)Nc1nc3ccc(F)cc3s1)c1c(O)ccc(Cl)c12. The van der Waals surface area contributed by atoms with Crippen molar-refractivity contribution in [3.8, 4) is 5.75 Å². The molecular formula is C30H31ClFN5O2S. The first-order valence-corrected chi connectivity index (χ1v) is 14.7. The summed E-state index contributed by atoms with van der Waals surface area (Å²) in [6, 6.07) is 14.8. The van der Waals surface area contributed by atoms with E-state index < -0.39 is 6.03 Å². The summed E-state index contributed by atoms with van der Waals surface area (Å²) in [6.07, 6.45) is 1.86. The molecule has 0 unspecified atom stereocenters. The van der Waals surface area contributed by atoms with Gasteiger partial charge in [-0.2, -0.15) is 0 Å². The average Bonchev–Trinajstić information content (AvgIpc) is 3.46. The Labute approximate surface area is 241 Å². The van der Waals surface area contributed by atoms with Crippen molar-refractivity contribution in [2.75, 3.05) is 41.7 Å². The molecule has 1 fully saturated rings. The monoisotopic (exact) mass is 579 g/mol. The van der Waals surface area contributed by atoms with Gasteiger partial charge >= 0.3 is 6.03 Å². The van der Waals surface area contributed by atoms with Crippen molar-refractivity contribution < 1.29 is 14.3 Å². The molecule has 6 rings (SSSR count). The number of nitrogens with one attached hydrogen (secondary N) is 2. The second-order valence-electron chi connectivity index (χ2n) is 11.1. The van der Waals surface area contributed by atoms with Crippen LogP contribution >= 0.6 is 22.9 Å². The molecule has 208 valence electrons. The number of amides is 2. The lowest BCUT2D eigenvalue weighted by molar-refractivity contribution is 0.153. The molecule has 3 aromatic carbocycles. The number of fused-ring (bicyclic) bond motifs is 3. The van der Waals surface area contributed by atoms with Crippen molar-refractivity contribution in [2.45, 2.75) is 32.1 Å². The van der Waals surface area contributed by atoms with Crippen LogP contribution in [-0.2, 0) is 5.41 Å². The number of carbonyl (C=O) groups excluding carboxylic acids is 1. The predicted molar refractivity (Wildman–Crippen MR) is 161 cm³/mol. The highest BCUT2D eigenvalue weighted by atomic mass is 35.5. The van der Waals surface area contributed by atoms with Crippen molar-refractivity contribution >= 4 is 61.4 Å². The molecule has 2 amide bonds. The van der Waals surface area contributed by atoms with Gasteiger partial charge in [-0.25, -0.2) is 14.2 Å². The van der Waals surface area contributed by atoms with Crippen LogP contribution in [-0.4, -0.2) is 47.2 Å². The maximum Gasteiger partial charge on any atom is 0.325 e. The van der Waals surface area contributed by atoms with Crippen LogP contribution in [0.5, 0.6) is 5.75 Å². The van der Waals surface area contributed by atoms with E-state index in [0.29, 0.717) is 44.2 Å². The number of anilines is 4. The number of hydrogen-bond donors (Lipinski definition) is 3. The minimum absolute atomic E-state index is 0.168. The van der Waals surface area contributed by atoms with Gasteiger partial charge in [0.25, 0.3) is 0 Å². The quantitative estimate of drug-likeness (QED) is 0.227. The van der Waals surface area contributed by atoms with Crippen LogP contribution in [0.3, 0.4) is 0 Å². The second-order valence-corrected chi connectivity index (χ2v) is 12.5. The van der Waals surface area contributed by atoms with Gasteiger partial charge in [-0.15, -0.1) is 0 Å². The summed E-state index contributed by atoms with van der Waals surface area (Å²) < 4.78 is 14.2. The zero-order chi connectivity index (χ0) is 28.0. The van der Waals surface area contributed by atoms with Gasteiger partial charge < -0.3 is 20.2 Å². The summed E-state index contributed by atoms with van der Waals surface area (Å²) in [5, 5.41) is 17.8. The number of benzene rings is 3. The topological polar surface area (TPSA) is 80.7 Å². The predicted octanol–water partition coefficient (Wildman–Crippen LogP) is 7.58. The van der Waals surface area contributed by atoms with E-state index in [1.807, 2.05) is 24.3 Å². The van der Waals surface area contributed by atoms with Gasteiger partial charge in [-0.1, -0.05) is 48.9 Å². The standard InChI is InChI=1S/C30H31ClFN5O2S/c1-18(2)16-36-13-11-30(12-14-36)17-37(27-24(38)10-8-20(31)26(27)30)23-6-4-3-5-21(23)33-28(39)35-29-34-22-9-7-19(32)15-25(22)40-29/h3-10,15,18,38H,11-14,16-17H2,1-2H3,(H2,33,34,35,39). The lowest BCUT2D eigenvalue weighted by Gasteiger charge is -2.41. The van der Waals surface area contributed by atoms with Gasteiger partial charge in [-0.3, -0.25) is 5.32 Å². The molecule has 0 bridgehead atoms. The third-order valence-corrected chi connectivity index (χ3v) is 9.07. The van der Waals surface area contributed by atoms with Crippen LogP contribution in [0.15, 0.2) is 54.6 Å². The molecule has 3 heterocycles. The number of halogens is 2. The first-order chi connectivity index (χ1) is 19.2. The molecule has 3 N–H and O–H groups in total. The van der Waals surface area contributed by atoms with Gasteiger partial charge in [0.05, 0.1) is 27.3 Å². The Bertz CT molecular complexity index is 1580. The highest BCUT2D eigenvalue weighted by Crippen LogP contribution is 2.56. The number of rotatable bonds is 5. The molecule has 0 radical (unpaired) electrons. The van der Waals surface area contributed by atoms with E-state index in [1.54, 1.807) is 18.2 Å². The van der Waals surface area contributed by atoms with Gasteiger partial charge in [0.1, 0.15) is 11.6 Å². The number of hydrogen-bond acceptors (Lipinski definition) is 6. The number of carbonyl (C=O) groups is 1. The zero-order valence-corrected chi connectivity index (χ0v) is 23.9. The van der Waals surface area contributed by atoms with Crippen LogP contribution in [0.1, 0.15) is 32.3 Å². The van der Waals surface area contributed by atoms with E-state index in [1.165, 1.54) is 23.5 Å². The molecule has 1 aromatic heterocycles. The van der Waals surface area contributed by atoms with E-state index in [9.17, 15) is 14.3 Å². The fourth-order valence-electron chi connectivity index (χ4n) is 6.11. The lowest BCUT2D eigenvalue weighted by Crippen LogP contribution is -2.45. The number of aromatic nitrogens is 1. The molecule has 4 aromatic rings. The molecule has 1 saturated heterocycles. The fraction of sp³-hybridized carbons (Fsp3) is 0.333. The van der Waals surface area contributed by atoms with Crippen molar-refractivity contribution in [3.63, 3.8) is 0 Å².